The van der Waals surface area contributed by atoms with Crippen LogP contribution >= 0.6 is 11.6 Å². The standard InChI is InChI=1S/C17H12ClN7O/c1-9-19-17(24-23-9)22-16-12-4-2-3-5-14(12)20-15(21-16)11-7-6-10(25-26)8-13(11)18/h2-8H,1H3,(H2,19,20,21,22,23,24). The quantitative estimate of drug-likeness (QED) is 0.514. The molecule has 0 aliphatic heterocycles. The van der Waals surface area contributed by atoms with Gasteiger partial charge in [0.1, 0.15) is 17.3 Å². The van der Waals surface area contributed by atoms with Crippen LogP contribution in [0.2, 0.25) is 5.02 Å². The molecule has 128 valence electrons. The highest BCUT2D eigenvalue weighted by Crippen LogP contribution is 2.32. The predicted octanol–water partition coefficient (Wildman–Crippen LogP) is 4.52. The van der Waals surface area contributed by atoms with Gasteiger partial charge >= 0.3 is 0 Å². The number of nitroso groups, excluding NO2 is 1. The monoisotopic (exact) mass is 365 g/mol. The van der Waals surface area contributed by atoms with Crippen LogP contribution in [-0.4, -0.2) is 25.1 Å². The van der Waals surface area contributed by atoms with Crippen molar-refractivity contribution >= 4 is 40.0 Å². The van der Waals surface area contributed by atoms with E-state index >= 15 is 0 Å². The fourth-order valence-electron chi connectivity index (χ4n) is 2.54. The first-order valence-electron chi connectivity index (χ1n) is 7.70. The summed E-state index contributed by atoms with van der Waals surface area (Å²) in [6.07, 6.45) is 0. The molecule has 2 aromatic carbocycles. The van der Waals surface area contributed by atoms with Gasteiger partial charge in [0.2, 0.25) is 5.95 Å². The van der Waals surface area contributed by atoms with E-state index in [9.17, 15) is 4.91 Å². The van der Waals surface area contributed by atoms with Gasteiger partial charge < -0.3 is 5.32 Å². The number of halogens is 1. The Morgan fingerprint density at radius 3 is 2.69 bits per heavy atom. The van der Waals surface area contributed by atoms with Gasteiger partial charge in [-0.15, -0.1) is 10.0 Å². The Morgan fingerprint density at radius 1 is 1.12 bits per heavy atom. The van der Waals surface area contributed by atoms with E-state index in [1.807, 2.05) is 31.2 Å². The van der Waals surface area contributed by atoms with Gasteiger partial charge in [0.25, 0.3) is 0 Å². The average Bonchev–Trinajstić information content (AvgIpc) is 3.06. The minimum absolute atomic E-state index is 0.245. The summed E-state index contributed by atoms with van der Waals surface area (Å²) in [6.45, 7) is 1.81. The number of H-pyrrole nitrogens is 1. The Hall–Kier alpha value is -3.39. The number of aryl methyl sites for hydroxylation is 1. The molecular formula is C17H12ClN7O. The maximum Gasteiger partial charge on any atom is 0.247 e. The normalized spacial score (nSPS) is 10.8. The van der Waals surface area contributed by atoms with Crippen molar-refractivity contribution in [3.63, 3.8) is 0 Å². The second-order valence-corrected chi connectivity index (χ2v) is 5.95. The lowest BCUT2D eigenvalue weighted by Crippen LogP contribution is -2.00. The third-order valence-electron chi connectivity index (χ3n) is 3.73. The van der Waals surface area contributed by atoms with E-state index in [2.05, 4.69) is 35.6 Å². The van der Waals surface area contributed by atoms with E-state index in [1.54, 1.807) is 12.1 Å². The molecule has 0 radical (unpaired) electrons. The molecule has 0 amide bonds. The van der Waals surface area contributed by atoms with Crippen molar-refractivity contribution in [2.24, 2.45) is 5.18 Å². The summed E-state index contributed by atoms with van der Waals surface area (Å²) in [4.78, 5) is 24.1. The van der Waals surface area contributed by atoms with Crippen LogP contribution in [0.4, 0.5) is 17.5 Å². The van der Waals surface area contributed by atoms with Crippen molar-refractivity contribution in [3.05, 3.63) is 58.2 Å². The van der Waals surface area contributed by atoms with Gasteiger partial charge in [0, 0.05) is 10.9 Å². The van der Waals surface area contributed by atoms with E-state index in [-0.39, 0.29) is 5.69 Å². The zero-order valence-corrected chi connectivity index (χ0v) is 14.3. The molecule has 0 aliphatic carbocycles. The SMILES string of the molecule is Cc1nc(Nc2nc(-c3ccc(N=O)cc3Cl)nc3ccccc23)n[nH]1. The summed E-state index contributed by atoms with van der Waals surface area (Å²) >= 11 is 6.28. The number of para-hydroxylation sites is 1. The lowest BCUT2D eigenvalue weighted by Gasteiger charge is -2.10. The first-order valence-corrected chi connectivity index (χ1v) is 8.08. The molecule has 0 bridgehead atoms. The Kier molecular flexibility index (Phi) is 4.02. The molecule has 0 spiro atoms. The van der Waals surface area contributed by atoms with Gasteiger partial charge in [-0.2, -0.15) is 4.98 Å². The van der Waals surface area contributed by atoms with Gasteiger partial charge in [-0.05, 0) is 42.4 Å². The summed E-state index contributed by atoms with van der Waals surface area (Å²) < 4.78 is 0. The highest BCUT2D eigenvalue weighted by atomic mass is 35.5. The largest absolute Gasteiger partial charge is 0.307 e. The van der Waals surface area contributed by atoms with E-state index in [4.69, 9.17) is 11.6 Å². The van der Waals surface area contributed by atoms with Crippen molar-refractivity contribution in [1.82, 2.24) is 25.1 Å². The molecule has 2 N–H and O–H groups in total. The molecule has 0 saturated heterocycles. The summed E-state index contributed by atoms with van der Waals surface area (Å²) in [5.74, 6) is 2.06. The van der Waals surface area contributed by atoms with Crippen molar-refractivity contribution < 1.29 is 0 Å². The average molecular weight is 366 g/mol. The highest BCUT2D eigenvalue weighted by Gasteiger charge is 2.14. The second-order valence-electron chi connectivity index (χ2n) is 5.54. The fraction of sp³-hybridized carbons (Fsp3) is 0.0588. The number of anilines is 2. The molecule has 2 heterocycles. The molecule has 0 saturated carbocycles. The van der Waals surface area contributed by atoms with Crippen LogP contribution < -0.4 is 5.32 Å². The van der Waals surface area contributed by atoms with Gasteiger partial charge in [-0.25, -0.2) is 9.97 Å². The first-order chi connectivity index (χ1) is 12.6. The number of nitrogens with one attached hydrogen (secondary N) is 2. The van der Waals surface area contributed by atoms with Gasteiger partial charge in [-0.3, -0.25) is 5.10 Å². The van der Waals surface area contributed by atoms with Crippen LogP contribution in [-0.2, 0) is 0 Å². The molecule has 4 rings (SSSR count). The molecule has 0 atom stereocenters. The van der Waals surface area contributed by atoms with E-state index in [0.717, 1.165) is 10.9 Å². The molecular weight excluding hydrogens is 354 g/mol. The van der Waals surface area contributed by atoms with Gasteiger partial charge in [0.05, 0.1) is 10.5 Å². The maximum atomic E-state index is 10.7. The molecule has 0 fully saturated rings. The smallest absolute Gasteiger partial charge is 0.247 e. The third kappa shape index (κ3) is 2.98. The number of hydrogen-bond donors (Lipinski definition) is 2. The van der Waals surface area contributed by atoms with Crippen LogP contribution in [0.5, 0.6) is 0 Å². The maximum absolute atomic E-state index is 10.7. The minimum Gasteiger partial charge on any atom is -0.307 e. The van der Waals surface area contributed by atoms with Crippen LogP contribution in [0.3, 0.4) is 0 Å². The van der Waals surface area contributed by atoms with Crippen molar-refractivity contribution in [3.8, 4) is 11.4 Å². The van der Waals surface area contributed by atoms with E-state index in [1.165, 1.54) is 6.07 Å². The van der Waals surface area contributed by atoms with Crippen molar-refractivity contribution in [1.29, 1.82) is 0 Å². The summed E-state index contributed by atoms with van der Waals surface area (Å²) in [6, 6.07) is 12.3. The topological polar surface area (TPSA) is 109 Å². The number of aromatic nitrogens is 5. The summed E-state index contributed by atoms with van der Waals surface area (Å²) in [5.41, 5.74) is 1.58. The van der Waals surface area contributed by atoms with Crippen LogP contribution in [0.1, 0.15) is 5.82 Å². The molecule has 2 aromatic heterocycles. The molecule has 26 heavy (non-hydrogen) atoms. The van der Waals surface area contributed by atoms with E-state index in [0.29, 0.717) is 34.0 Å². The van der Waals surface area contributed by atoms with Gasteiger partial charge in [-0.1, -0.05) is 23.7 Å². The molecule has 0 aliphatic rings. The molecule has 0 unspecified atom stereocenters. The lowest BCUT2D eigenvalue weighted by atomic mass is 10.1. The third-order valence-corrected chi connectivity index (χ3v) is 4.04. The second kappa shape index (κ2) is 6.49. The van der Waals surface area contributed by atoms with E-state index < -0.39 is 0 Å². The zero-order chi connectivity index (χ0) is 18.1. The zero-order valence-electron chi connectivity index (χ0n) is 13.6. The van der Waals surface area contributed by atoms with Crippen LogP contribution in [0.25, 0.3) is 22.3 Å². The Bertz CT molecular complexity index is 1130. The molecule has 4 aromatic rings. The number of hydrogen-bond acceptors (Lipinski definition) is 7. The number of benzene rings is 2. The summed E-state index contributed by atoms with van der Waals surface area (Å²) in [7, 11) is 0. The van der Waals surface area contributed by atoms with Crippen LogP contribution in [0, 0.1) is 11.8 Å². The minimum atomic E-state index is 0.245. The Morgan fingerprint density at radius 2 is 1.96 bits per heavy atom. The van der Waals surface area contributed by atoms with Gasteiger partial charge in [0.15, 0.2) is 5.82 Å². The van der Waals surface area contributed by atoms with Crippen molar-refractivity contribution in [2.75, 3.05) is 5.32 Å². The number of nitrogens with zero attached hydrogens (tertiary/aromatic N) is 5. The number of fused-ring (bicyclic) bond motifs is 1. The summed E-state index contributed by atoms with van der Waals surface area (Å²) in [5, 5.41) is 14.0. The fourth-order valence-corrected chi connectivity index (χ4v) is 2.80. The Labute approximate surface area is 152 Å². The Balaban J connectivity index is 1.87. The highest BCUT2D eigenvalue weighted by molar-refractivity contribution is 6.33. The lowest BCUT2D eigenvalue weighted by molar-refractivity contribution is 1.04. The molecule has 8 nitrogen and oxygen atoms in total. The predicted molar refractivity (Wildman–Crippen MR) is 99.8 cm³/mol. The van der Waals surface area contributed by atoms with Crippen LogP contribution in [0.15, 0.2) is 47.6 Å². The first kappa shape index (κ1) is 16.1. The van der Waals surface area contributed by atoms with Crippen molar-refractivity contribution in [2.45, 2.75) is 6.92 Å². The molecule has 9 heteroatoms. The number of rotatable bonds is 4. The number of aromatic amines is 1.